The average molecular weight is 602 g/mol. The number of hydrogen-bond acceptors (Lipinski definition) is 7. The fourth-order valence-electron chi connectivity index (χ4n) is 5.27. The average Bonchev–Trinajstić information content (AvgIpc) is 3.66. The van der Waals surface area contributed by atoms with E-state index in [9.17, 15) is 9.59 Å². The molecule has 0 aliphatic carbocycles. The standard InChI is InChI=1S/C34H39N3O5S/c35-30(34(39)40)23-32(38)36-16-5-20-41-27-14-10-25(11-15-27)33-29(28-6-1-2-7-31(28)43-33)22-24-8-12-26(13-9-24)42-21-19-37-17-3-4-18-37/h1-2,6-15,30H,3-5,16-23,35H2,(H,36,38)(H,39,40). The molecule has 5 rings (SSSR count). The number of carboxylic acid groups (broad SMARTS) is 1. The molecular weight excluding hydrogens is 562 g/mol. The number of carbonyl (C=O) groups excluding carboxylic acids is 1. The molecule has 0 radical (unpaired) electrons. The number of rotatable bonds is 15. The predicted molar refractivity (Wildman–Crippen MR) is 171 cm³/mol. The number of amides is 1. The molecule has 1 atom stereocenters. The molecule has 3 aromatic carbocycles. The van der Waals surface area contributed by atoms with Crippen LogP contribution in [0.25, 0.3) is 20.5 Å². The minimum atomic E-state index is -1.19. The zero-order valence-corrected chi connectivity index (χ0v) is 25.1. The molecular formula is C34H39N3O5S. The van der Waals surface area contributed by atoms with Crippen molar-refractivity contribution in [2.24, 2.45) is 5.73 Å². The summed E-state index contributed by atoms with van der Waals surface area (Å²) in [6, 6.07) is 24.0. The fourth-order valence-corrected chi connectivity index (χ4v) is 6.49. The van der Waals surface area contributed by atoms with Gasteiger partial charge in [0.1, 0.15) is 24.1 Å². The van der Waals surface area contributed by atoms with Crippen molar-refractivity contribution in [3.05, 3.63) is 83.9 Å². The van der Waals surface area contributed by atoms with Gasteiger partial charge in [-0.15, -0.1) is 11.3 Å². The van der Waals surface area contributed by atoms with Gasteiger partial charge in [0, 0.05) is 22.7 Å². The van der Waals surface area contributed by atoms with Gasteiger partial charge in [-0.1, -0.05) is 30.3 Å². The molecule has 1 amide bonds. The molecule has 9 heteroatoms. The second-order valence-corrected chi connectivity index (χ2v) is 11.9. The summed E-state index contributed by atoms with van der Waals surface area (Å²) in [5, 5.41) is 12.8. The number of nitrogens with one attached hydrogen (secondary N) is 1. The lowest BCUT2D eigenvalue weighted by Gasteiger charge is -2.15. The second kappa shape index (κ2) is 15.0. The Hall–Kier alpha value is -3.92. The van der Waals surface area contributed by atoms with Crippen molar-refractivity contribution in [1.82, 2.24) is 10.2 Å². The SMILES string of the molecule is NC(CC(=O)NCCCOc1ccc(-c2sc3ccccc3c2Cc2ccc(OCCN3CCCC3)cc2)cc1)C(=O)O. The zero-order valence-electron chi connectivity index (χ0n) is 24.3. The molecule has 4 aromatic rings. The molecule has 43 heavy (non-hydrogen) atoms. The Labute approximate surface area is 256 Å². The van der Waals surface area contributed by atoms with Crippen LogP contribution in [0.3, 0.4) is 0 Å². The van der Waals surface area contributed by atoms with E-state index in [2.05, 4.69) is 70.9 Å². The van der Waals surface area contributed by atoms with Crippen molar-refractivity contribution in [2.75, 3.05) is 39.4 Å². The van der Waals surface area contributed by atoms with Crippen molar-refractivity contribution in [1.29, 1.82) is 0 Å². The number of carboxylic acids is 1. The third-order valence-electron chi connectivity index (χ3n) is 7.63. The van der Waals surface area contributed by atoms with Gasteiger partial charge in [0.05, 0.1) is 13.0 Å². The van der Waals surface area contributed by atoms with Gasteiger partial charge in [-0.05, 0) is 103 Å². The lowest BCUT2D eigenvalue weighted by atomic mass is 9.99. The van der Waals surface area contributed by atoms with E-state index in [4.69, 9.17) is 20.3 Å². The van der Waals surface area contributed by atoms with Crippen LogP contribution < -0.4 is 20.5 Å². The summed E-state index contributed by atoms with van der Waals surface area (Å²) in [6.07, 6.45) is 3.78. The molecule has 1 aliphatic heterocycles. The van der Waals surface area contributed by atoms with Gasteiger partial charge in [-0.2, -0.15) is 0 Å². The molecule has 1 saturated heterocycles. The number of benzene rings is 3. The van der Waals surface area contributed by atoms with Crippen LogP contribution in [0, 0.1) is 0 Å². The number of thiophene rings is 1. The van der Waals surface area contributed by atoms with Crippen molar-refractivity contribution < 1.29 is 24.2 Å². The quantitative estimate of drug-likeness (QED) is 0.158. The molecule has 8 nitrogen and oxygen atoms in total. The van der Waals surface area contributed by atoms with E-state index in [1.54, 1.807) is 11.3 Å². The van der Waals surface area contributed by atoms with Gasteiger partial charge < -0.3 is 25.6 Å². The maximum absolute atomic E-state index is 11.8. The molecule has 1 aliphatic rings. The van der Waals surface area contributed by atoms with E-state index in [-0.39, 0.29) is 12.3 Å². The van der Waals surface area contributed by atoms with Crippen LogP contribution in [0.4, 0.5) is 0 Å². The fraction of sp³-hybridized carbons (Fsp3) is 0.353. The number of hydrogen-bond donors (Lipinski definition) is 3. The maximum atomic E-state index is 11.8. The summed E-state index contributed by atoms with van der Waals surface area (Å²) in [5.41, 5.74) is 9.10. The molecule has 0 saturated carbocycles. The highest BCUT2D eigenvalue weighted by Gasteiger charge is 2.17. The molecule has 226 valence electrons. The van der Waals surface area contributed by atoms with E-state index in [1.807, 2.05) is 12.1 Å². The highest BCUT2D eigenvalue weighted by molar-refractivity contribution is 7.22. The van der Waals surface area contributed by atoms with Crippen LogP contribution in [0.2, 0.25) is 0 Å². The van der Waals surface area contributed by atoms with Crippen LogP contribution in [0.1, 0.15) is 36.8 Å². The van der Waals surface area contributed by atoms with E-state index < -0.39 is 12.0 Å². The highest BCUT2D eigenvalue weighted by Crippen LogP contribution is 2.40. The Morgan fingerprint density at radius 3 is 2.33 bits per heavy atom. The van der Waals surface area contributed by atoms with Crippen LogP contribution >= 0.6 is 11.3 Å². The van der Waals surface area contributed by atoms with Gasteiger partial charge in [-0.25, -0.2) is 0 Å². The zero-order chi connectivity index (χ0) is 30.0. The third-order valence-corrected chi connectivity index (χ3v) is 8.89. The molecule has 0 spiro atoms. The first kappa shape index (κ1) is 30.5. The normalized spacial score (nSPS) is 14.1. The highest BCUT2D eigenvalue weighted by atomic mass is 32.1. The summed E-state index contributed by atoms with van der Waals surface area (Å²) in [4.78, 5) is 26.2. The molecule has 1 aromatic heterocycles. The first-order valence-electron chi connectivity index (χ1n) is 14.9. The van der Waals surface area contributed by atoms with Crippen LogP contribution in [-0.4, -0.2) is 67.3 Å². The number of nitrogens with two attached hydrogens (primary N) is 1. The number of carbonyl (C=O) groups is 2. The van der Waals surface area contributed by atoms with Crippen LogP contribution in [0.15, 0.2) is 72.8 Å². The Kier molecular flexibility index (Phi) is 10.7. The van der Waals surface area contributed by atoms with Crippen LogP contribution in [0.5, 0.6) is 11.5 Å². The van der Waals surface area contributed by atoms with Gasteiger partial charge in [-0.3, -0.25) is 14.5 Å². The van der Waals surface area contributed by atoms with E-state index in [1.165, 1.54) is 52.0 Å². The minimum Gasteiger partial charge on any atom is -0.494 e. The van der Waals surface area contributed by atoms with Gasteiger partial charge in [0.15, 0.2) is 0 Å². The summed E-state index contributed by atoms with van der Waals surface area (Å²) >= 11 is 1.81. The summed E-state index contributed by atoms with van der Waals surface area (Å²) in [6.45, 7) is 4.89. The molecule has 1 fully saturated rings. The van der Waals surface area contributed by atoms with Gasteiger partial charge in [0.2, 0.25) is 5.91 Å². The van der Waals surface area contributed by atoms with E-state index in [0.717, 1.165) is 36.6 Å². The van der Waals surface area contributed by atoms with E-state index >= 15 is 0 Å². The topological polar surface area (TPSA) is 114 Å². The molecule has 1 unspecified atom stereocenters. The Morgan fingerprint density at radius 2 is 1.60 bits per heavy atom. The molecule has 2 heterocycles. The number of likely N-dealkylation sites (tertiary alicyclic amines) is 1. The van der Waals surface area contributed by atoms with E-state index in [0.29, 0.717) is 19.6 Å². The number of aliphatic carboxylic acids is 1. The first-order chi connectivity index (χ1) is 21.0. The van der Waals surface area contributed by atoms with Gasteiger partial charge in [0.25, 0.3) is 0 Å². The largest absolute Gasteiger partial charge is 0.494 e. The summed E-state index contributed by atoms with van der Waals surface area (Å²) < 4.78 is 13.1. The smallest absolute Gasteiger partial charge is 0.321 e. The Morgan fingerprint density at radius 1 is 0.930 bits per heavy atom. The lowest BCUT2D eigenvalue weighted by Crippen LogP contribution is -2.37. The third kappa shape index (κ3) is 8.56. The van der Waals surface area contributed by atoms with Crippen molar-refractivity contribution in [3.8, 4) is 21.9 Å². The Bertz CT molecular complexity index is 1500. The minimum absolute atomic E-state index is 0.240. The Balaban J connectivity index is 1.17. The van der Waals surface area contributed by atoms with Gasteiger partial charge >= 0.3 is 5.97 Å². The lowest BCUT2D eigenvalue weighted by molar-refractivity contribution is -0.140. The second-order valence-electron chi connectivity index (χ2n) is 10.8. The first-order valence-corrected chi connectivity index (χ1v) is 15.7. The van der Waals surface area contributed by atoms with Crippen molar-refractivity contribution >= 4 is 33.3 Å². The predicted octanol–water partition coefficient (Wildman–Crippen LogP) is 5.32. The van der Waals surface area contributed by atoms with Crippen molar-refractivity contribution in [2.45, 2.75) is 38.1 Å². The summed E-state index contributed by atoms with van der Waals surface area (Å²) in [7, 11) is 0. The summed E-state index contributed by atoms with van der Waals surface area (Å²) in [5.74, 6) is 0.104. The number of fused-ring (bicyclic) bond motifs is 1. The maximum Gasteiger partial charge on any atom is 0.321 e. The van der Waals surface area contributed by atoms with Crippen LogP contribution in [-0.2, 0) is 16.0 Å². The van der Waals surface area contributed by atoms with Crippen molar-refractivity contribution in [3.63, 3.8) is 0 Å². The molecule has 0 bridgehead atoms. The monoisotopic (exact) mass is 601 g/mol. The molecule has 4 N–H and O–H groups in total. The number of nitrogens with zero attached hydrogens (tertiary/aromatic N) is 1. The number of ether oxygens (including phenoxy) is 2.